The largest absolute Gasteiger partial charge is 0.383 e. The molecule has 0 saturated heterocycles. The Balaban J connectivity index is 2.01. The molecule has 0 aromatic carbocycles. The lowest BCUT2D eigenvalue weighted by atomic mass is 10.2. The van der Waals surface area contributed by atoms with Gasteiger partial charge in [0.2, 0.25) is 0 Å². The van der Waals surface area contributed by atoms with Crippen molar-refractivity contribution in [3.05, 3.63) is 5.56 Å². The number of nitrogens with one attached hydrogen (secondary N) is 1. The first-order chi connectivity index (χ1) is 6.83. The molecular weight excluding hydrogens is 198 g/mol. The fraction of sp³-hybridized carbons (Fsp3) is 0.667. The van der Waals surface area contributed by atoms with Gasteiger partial charge in [-0.25, -0.2) is 0 Å². The van der Waals surface area contributed by atoms with E-state index in [2.05, 4.69) is 9.69 Å². The van der Waals surface area contributed by atoms with Crippen molar-refractivity contribution in [3.8, 4) is 0 Å². The minimum atomic E-state index is 0.652. The van der Waals surface area contributed by atoms with Crippen LogP contribution >= 0.6 is 11.5 Å². The van der Waals surface area contributed by atoms with Crippen molar-refractivity contribution in [2.45, 2.75) is 18.8 Å². The van der Waals surface area contributed by atoms with Crippen molar-refractivity contribution >= 4 is 22.4 Å². The molecular formula is C9H15N3OS. The predicted octanol–water partition coefficient (Wildman–Crippen LogP) is 1.66. The highest BCUT2D eigenvalue weighted by molar-refractivity contribution is 7.10. The van der Waals surface area contributed by atoms with E-state index < -0.39 is 0 Å². The number of anilines is 2. The maximum Gasteiger partial charge on any atom is 0.142 e. The Morgan fingerprint density at radius 1 is 1.64 bits per heavy atom. The molecule has 1 aliphatic rings. The monoisotopic (exact) mass is 213 g/mol. The van der Waals surface area contributed by atoms with Gasteiger partial charge in [-0.15, -0.1) is 0 Å². The third kappa shape index (κ3) is 1.99. The Labute approximate surface area is 87.6 Å². The summed E-state index contributed by atoms with van der Waals surface area (Å²) >= 11 is 1.45. The zero-order valence-corrected chi connectivity index (χ0v) is 9.06. The number of nitrogen functional groups attached to an aromatic ring is 1. The molecule has 2 rings (SSSR count). The Bertz CT molecular complexity index is 309. The number of hydrogen-bond acceptors (Lipinski definition) is 5. The van der Waals surface area contributed by atoms with Gasteiger partial charge in [-0.2, -0.15) is 4.37 Å². The van der Waals surface area contributed by atoms with Crippen molar-refractivity contribution in [1.29, 1.82) is 0 Å². The van der Waals surface area contributed by atoms with E-state index in [1.165, 1.54) is 29.9 Å². The van der Waals surface area contributed by atoms with E-state index in [1.807, 2.05) is 0 Å². The fourth-order valence-corrected chi connectivity index (χ4v) is 2.29. The Kier molecular flexibility index (Phi) is 2.88. The average Bonchev–Trinajstić information content (AvgIpc) is 2.93. The maximum atomic E-state index is 5.81. The molecule has 0 unspecified atom stereocenters. The second-order valence-electron chi connectivity index (χ2n) is 3.50. The van der Waals surface area contributed by atoms with Crippen LogP contribution in [-0.2, 0) is 4.74 Å². The van der Waals surface area contributed by atoms with Crippen LogP contribution in [0.4, 0.5) is 10.8 Å². The predicted molar refractivity (Wildman–Crippen MR) is 58.9 cm³/mol. The van der Waals surface area contributed by atoms with Crippen LogP contribution in [0, 0.1) is 0 Å². The summed E-state index contributed by atoms with van der Waals surface area (Å²) in [5.74, 6) is 1.36. The molecule has 0 spiro atoms. The van der Waals surface area contributed by atoms with Gasteiger partial charge < -0.3 is 15.8 Å². The molecule has 3 N–H and O–H groups in total. The molecule has 1 aliphatic carbocycles. The van der Waals surface area contributed by atoms with Gasteiger partial charge in [0, 0.05) is 19.2 Å². The van der Waals surface area contributed by atoms with Crippen molar-refractivity contribution in [3.63, 3.8) is 0 Å². The van der Waals surface area contributed by atoms with Crippen molar-refractivity contribution in [2.75, 3.05) is 31.3 Å². The summed E-state index contributed by atoms with van der Waals surface area (Å²) < 4.78 is 9.15. The second kappa shape index (κ2) is 4.14. The van der Waals surface area contributed by atoms with Crippen LogP contribution in [0.15, 0.2) is 0 Å². The second-order valence-corrected chi connectivity index (χ2v) is 4.28. The van der Waals surface area contributed by atoms with Crippen LogP contribution in [-0.4, -0.2) is 24.6 Å². The number of nitrogens with zero attached hydrogens (tertiary/aromatic N) is 1. The standard InChI is InChI=1S/C9H15N3OS/c1-13-5-4-11-9-7(6-2-3-6)8(10)12-14-9/h6,11H,2-5H2,1H3,(H2,10,12). The van der Waals surface area contributed by atoms with E-state index in [9.17, 15) is 0 Å². The van der Waals surface area contributed by atoms with Gasteiger partial charge in [-0.1, -0.05) is 0 Å². The van der Waals surface area contributed by atoms with Crippen molar-refractivity contribution in [1.82, 2.24) is 4.37 Å². The summed E-state index contributed by atoms with van der Waals surface area (Å²) in [6, 6.07) is 0. The number of hydrogen-bond donors (Lipinski definition) is 2. The van der Waals surface area contributed by atoms with Crippen LogP contribution < -0.4 is 11.1 Å². The maximum absolute atomic E-state index is 5.81. The molecule has 4 nitrogen and oxygen atoms in total. The van der Waals surface area contributed by atoms with E-state index in [1.54, 1.807) is 7.11 Å². The summed E-state index contributed by atoms with van der Waals surface area (Å²) in [6.07, 6.45) is 2.50. The van der Waals surface area contributed by atoms with Crippen LogP contribution in [0.1, 0.15) is 24.3 Å². The summed E-state index contributed by atoms with van der Waals surface area (Å²) in [5.41, 5.74) is 7.04. The third-order valence-electron chi connectivity index (χ3n) is 2.33. The average molecular weight is 213 g/mol. The summed E-state index contributed by atoms with van der Waals surface area (Å²) in [7, 11) is 1.70. The lowest BCUT2D eigenvalue weighted by Gasteiger charge is -2.04. The third-order valence-corrected chi connectivity index (χ3v) is 3.17. The van der Waals surface area contributed by atoms with E-state index in [4.69, 9.17) is 10.5 Å². The van der Waals surface area contributed by atoms with Crippen molar-refractivity contribution in [2.24, 2.45) is 0 Å². The molecule has 1 heterocycles. The van der Waals surface area contributed by atoms with Gasteiger partial charge in [0.15, 0.2) is 0 Å². The van der Waals surface area contributed by atoms with Gasteiger partial charge in [0.05, 0.1) is 6.61 Å². The molecule has 1 saturated carbocycles. The normalized spacial score (nSPS) is 15.8. The zero-order valence-electron chi connectivity index (χ0n) is 8.25. The molecule has 0 bridgehead atoms. The topological polar surface area (TPSA) is 60.2 Å². The Morgan fingerprint density at radius 3 is 3.07 bits per heavy atom. The first-order valence-corrected chi connectivity index (χ1v) is 5.58. The summed E-state index contributed by atoms with van der Waals surface area (Å²) in [5, 5.41) is 4.43. The fourth-order valence-electron chi connectivity index (χ4n) is 1.47. The van der Waals surface area contributed by atoms with Crippen LogP contribution in [0.2, 0.25) is 0 Å². The molecule has 0 amide bonds. The molecule has 14 heavy (non-hydrogen) atoms. The zero-order chi connectivity index (χ0) is 9.97. The molecule has 0 atom stereocenters. The van der Waals surface area contributed by atoms with Gasteiger partial charge >= 0.3 is 0 Å². The quantitative estimate of drug-likeness (QED) is 0.730. The highest BCUT2D eigenvalue weighted by Crippen LogP contribution is 2.47. The lowest BCUT2D eigenvalue weighted by molar-refractivity contribution is 0.211. The SMILES string of the molecule is COCCNc1snc(N)c1C1CC1. The van der Waals surface area contributed by atoms with E-state index >= 15 is 0 Å². The molecule has 1 aromatic rings. The Morgan fingerprint density at radius 2 is 2.43 bits per heavy atom. The number of aromatic nitrogens is 1. The minimum Gasteiger partial charge on any atom is -0.383 e. The first-order valence-electron chi connectivity index (χ1n) is 4.80. The van der Waals surface area contributed by atoms with Crippen molar-refractivity contribution < 1.29 is 4.74 Å². The number of nitrogens with two attached hydrogens (primary N) is 1. The Hall–Kier alpha value is -0.810. The molecule has 0 radical (unpaired) electrons. The number of rotatable bonds is 5. The van der Waals surface area contributed by atoms with Crippen LogP contribution in [0.25, 0.3) is 0 Å². The van der Waals surface area contributed by atoms with Gasteiger partial charge in [-0.05, 0) is 30.3 Å². The van der Waals surface area contributed by atoms with E-state index in [0.29, 0.717) is 18.3 Å². The van der Waals surface area contributed by atoms with Crippen LogP contribution in [0.5, 0.6) is 0 Å². The number of ether oxygens (including phenoxy) is 1. The van der Waals surface area contributed by atoms with Gasteiger partial charge in [-0.3, -0.25) is 0 Å². The summed E-state index contributed by atoms with van der Waals surface area (Å²) in [4.78, 5) is 0. The smallest absolute Gasteiger partial charge is 0.142 e. The van der Waals surface area contributed by atoms with Crippen LogP contribution in [0.3, 0.4) is 0 Å². The molecule has 1 aromatic heterocycles. The lowest BCUT2D eigenvalue weighted by Crippen LogP contribution is -2.07. The molecule has 0 aliphatic heterocycles. The molecule has 78 valence electrons. The highest BCUT2D eigenvalue weighted by Gasteiger charge is 2.30. The molecule has 5 heteroatoms. The van der Waals surface area contributed by atoms with Gasteiger partial charge in [0.25, 0.3) is 0 Å². The minimum absolute atomic E-state index is 0.652. The van der Waals surface area contributed by atoms with Gasteiger partial charge in [0.1, 0.15) is 10.8 Å². The number of methoxy groups -OCH3 is 1. The highest BCUT2D eigenvalue weighted by atomic mass is 32.1. The van der Waals surface area contributed by atoms with E-state index in [0.717, 1.165) is 11.5 Å². The van der Waals surface area contributed by atoms with E-state index in [-0.39, 0.29) is 0 Å². The summed E-state index contributed by atoms with van der Waals surface area (Å²) in [6.45, 7) is 1.53. The first kappa shape index (κ1) is 9.73. The molecule has 1 fully saturated rings.